The van der Waals surface area contributed by atoms with Crippen molar-refractivity contribution in [3.63, 3.8) is 0 Å². The summed E-state index contributed by atoms with van der Waals surface area (Å²) in [6, 6.07) is 16.8. The Morgan fingerprint density at radius 1 is 1.14 bits per heavy atom. The van der Waals surface area contributed by atoms with Crippen LogP contribution in [0.4, 0.5) is 0 Å². The topological polar surface area (TPSA) is 125 Å². The molecular weight excluding hydrogens is 702 g/mol. The molecule has 2 bridgehead atoms. The van der Waals surface area contributed by atoms with Crippen LogP contribution in [0.1, 0.15) is 56.3 Å². The van der Waals surface area contributed by atoms with E-state index in [0.717, 1.165) is 18.4 Å². The van der Waals surface area contributed by atoms with Crippen LogP contribution < -0.4 is 5.32 Å². The maximum absolute atomic E-state index is 14.8. The van der Waals surface area contributed by atoms with Gasteiger partial charge in [0.15, 0.2) is 0 Å². The van der Waals surface area contributed by atoms with Gasteiger partial charge >= 0.3 is 5.97 Å². The summed E-state index contributed by atoms with van der Waals surface area (Å²) in [4.78, 5) is 59.3. The molecule has 8 atom stereocenters. The fraction of sp³-hybridized carbons (Fsp3) is 0.487. The van der Waals surface area contributed by atoms with Gasteiger partial charge in [-0.1, -0.05) is 102 Å². The molecule has 0 aromatic heterocycles. The largest absolute Gasteiger partial charge is 0.455 e. The van der Waals surface area contributed by atoms with Crippen LogP contribution in [0.3, 0.4) is 0 Å². The monoisotopic (exact) mass is 749 g/mol. The average Bonchev–Trinajstić information content (AvgIpc) is 3.73. The molecule has 5 rings (SSSR count). The minimum absolute atomic E-state index is 0.0380. The molecule has 1 unspecified atom stereocenters. The molecule has 50 heavy (non-hydrogen) atoms. The normalized spacial score (nSPS) is 26.2. The minimum Gasteiger partial charge on any atom is -0.455 e. The number of nitrogens with zero attached hydrogens (tertiary/aromatic N) is 2. The number of alkyl halides is 1. The number of hydrogen-bond donors (Lipinski definition) is 2. The van der Waals surface area contributed by atoms with Crippen molar-refractivity contribution < 1.29 is 33.8 Å². The first-order valence-corrected chi connectivity index (χ1v) is 18.4. The zero-order chi connectivity index (χ0) is 35.8. The number of carbonyl (C=O) groups excluding carboxylic acids is 4. The number of likely N-dealkylation sites (tertiary alicyclic amines) is 1. The Balaban J connectivity index is 1.51. The average molecular weight is 751 g/mol. The SMILES string of the molecule is C=CCCC(=O)NC[C@@H](OC(=O)[C@H]1[C@@H]2O[C@@]3(CC2Br)[C@@H]1C(=O)N([C@@H](CO)Cc1ccccc1)[C@@H]3C(=O)N(CC=C)CCCC)c1ccccc1. The zero-order valence-electron chi connectivity index (χ0n) is 28.6. The molecule has 3 saturated heterocycles. The molecule has 3 aliphatic rings. The van der Waals surface area contributed by atoms with Gasteiger partial charge in [0, 0.05) is 24.3 Å². The minimum atomic E-state index is -1.33. The van der Waals surface area contributed by atoms with Crippen LogP contribution in [0.15, 0.2) is 86.0 Å². The molecule has 3 fully saturated rings. The van der Waals surface area contributed by atoms with E-state index >= 15 is 0 Å². The highest BCUT2D eigenvalue weighted by atomic mass is 79.9. The molecular formula is C39H48BrN3O7. The van der Waals surface area contributed by atoms with Gasteiger partial charge in [0.1, 0.15) is 17.7 Å². The molecule has 11 heteroatoms. The number of hydrogen-bond acceptors (Lipinski definition) is 7. The first-order chi connectivity index (χ1) is 24.2. The Bertz CT molecular complexity index is 1520. The zero-order valence-corrected chi connectivity index (χ0v) is 30.2. The van der Waals surface area contributed by atoms with E-state index < -0.39 is 53.6 Å². The summed E-state index contributed by atoms with van der Waals surface area (Å²) in [6.07, 6.45) is 4.80. The van der Waals surface area contributed by atoms with E-state index in [0.29, 0.717) is 31.4 Å². The summed E-state index contributed by atoms with van der Waals surface area (Å²) < 4.78 is 12.9. The third-order valence-corrected chi connectivity index (χ3v) is 10.9. The Morgan fingerprint density at radius 2 is 1.84 bits per heavy atom. The van der Waals surface area contributed by atoms with Crippen molar-refractivity contribution in [2.45, 2.75) is 80.2 Å². The van der Waals surface area contributed by atoms with Gasteiger partial charge in [-0.05, 0) is 36.8 Å². The lowest BCUT2D eigenvalue weighted by Gasteiger charge is -2.39. The van der Waals surface area contributed by atoms with Crippen LogP contribution in [-0.4, -0.2) is 93.5 Å². The lowest BCUT2D eigenvalue weighted by Crippen LogP contribution is -2.59. The molecule has 3 aliphatic heterocycles. The number of carbonyl (C=O) groups is 4. The number of unbranched alkanes of at least 4 members (excludes halogenated alkanes) is 1. The molecule has 10 nitrogen and oxygen atoms in total. The van der Waals surface area contributed by atoms with Crippen LogP contribution >= 0.6 is 15.9 Å². The van der Waals surface area contributed by atoms with E-state index in [1.165, 1.54) is 4.90 Å². The van der Waals surface area contributed by atoms with E-state index in [1.54, 1.807) is 17.1 Å². The molecule has 3 amide bonds. The first-order valence-electron chi connectivity index (χ1n) is 17.5. The number of aliphatic hydroxyl groups excluding tert-OH is 1. The van der Waals surface area contributed by atoms with Gasteiger partial charge in [-0.3, -0.25) is 19.2 Å². The number of benzene rings is 2. The van der Waals surface area contributed by atoms with Crippen LogP contribution in [0.25, 0.3) is 0 Å². The van der Waals surface area contributed by atoms with Gasteiger partial charge in [0.25, 0.3) is 0 Å². The van der Waals surface area contributed by atoms with Crippen molar-refractivity contribution >= 4 is 39.6 Å². The van der Waals surface area contributed by atoms with Crippen molar-refractivity contribution in [3.05, 3.63) is 97.1 Å². The predicted octanol–water partition coefficient (Wildman–Crippen LogP) is 4.52. The fourth-order valence-corrected chi connectivity index (χ4v) is 8.70. The standard InChI is InChI=1S/C39H48BrN3O7/c1-4-7-19-31(45)41-24-30(27-17-13-10-14-18-27)49-38(48)32-33-36(46)43(28(25-44)22-26-15-11-9-12-16-26)35(39(33)23-29(40)34(32)50-39)37(47)42(20-6-3)21-8-5-2/h4,6,9-18,28-30,32-35,44H,1,3,5,7-8,19-25H2,2H3,(H,41,45)/t28-,29?,30-,32-,33+,34-,35-,39+/m1/s1. The number of amides is 3. The van der Waals surface area contributed by atoms with Crippen molar-refractivity contribution in [1.82, 2.24) is 15.1 Å². The second kappa shape index (κ2) is 16.9. The Hall–Kier alpha value is -3.80. The first kappa shape index (κ1) is 37.5. The summed E-state index contributed by atoms with van der Waals surface area (Å²) in [7, 11) is 0. The highest BCUT2D eigenvalue weighted by Crippen LogP contribution is 2.61. The van der Waals surface area contributed by atoms with Crippen molar-refractivity contribution in [2.24, 2.45) is 11.8 Å². The van der Waals surface area contributed by atoms with Crippen LogP contribution in [0, 0.1) is 11.8 Å². The molecule has 268 valence electrons. The van der Waals surface area contributed by atoms with Gasteiger partial charge in [0.2, 0.25) is 17.7 Å². The molecule has 0 radical (unpaired) electrons. The fourth-order valence-electron chi connectivity index (χ4n) is 7.76. The quantitative estimate of drug-likeness (QED) is 0.131. The highest BCUT2D eigenvalue weighted by molar-refractivity contribution is 9.09. The van der Waals surface area contributed by atoms with E-state index in [9.17, 15) is 24.3 Å². The molecule has 2 N–H and O–H groups in total. The number of fused-ring (bicyclic) bond motifs is 1. The Labute approximate surface area is 303 Å². The summed E-state index contributed by atoms with van der Waals surface area (Å²) in [5, 5.41) is 13.7. The van der Waals surface area contributed by atoms with Crippen molar-refractivity contribution in [3.8, 4) is 0 Å². The van der Waals surface area contributed by atoms with Gasteiger partial charge < -0.3 is 29.7 Å². The van der Waals surface area contributed by atoms with Gasteiger partial charge in [-0.2, -0.15) is 0 Å². The Kier molecular flexibility index (Phi) is 12.7. The molecule has 1 spiro atoms. The number of nitrogens with one attached hydrogen (secondary N) is 1. The molecule has 2 aromatic carbocycles. The second-order valence-electron chi connectivity index (χ2n) is 13.3. The summed E-state index contributed by atoms with van der Waals surface area (Å²) in [6.45, 7) is 9.98. The number of rotatable bonds is 18. The maximum Gasteiger partial charge on any atom is 0.313 e. The maximum atomic E-state index is 14.8. The molecule has 3 heterocycles. The summed E-state index contributed by atoms with van der Waals surface area (Å²) >= 11 is 3.74. The van der Waals surface area contributed by atoms with E-state index in [2.05, 4.69) is 34.4 Å². The number of esters is 1. The highest BCUT2D eigenvalue weighted by Gasteiger charge is 2.77. The predicted molar refractivity (Wildman–Crippen MR) is 193 cm³/mol. The van der Waals surface area contributed by atoms with Gasteiger partial charge in [0.05, 0.1) is 37.1 Å². The number of allylic oxidation sites excluding steroid dienone is 1. The van der Waals surface area contributed by atoms with Crippen LogP contribution in [0.5, 0.6) is 0 Å². The van der Waals surface area contributed by atoms with Crippen LogP contribution in [-0.2, 0) is 35.1 Å². The third kappa shape index (κ3) is 7.60. The third-order valence-electron chi connectivity index (χ3n) is 10.1. The number of aliphatic hydroxyl groups is 1. The lowest BCUT2D eigenvalue weighted by atomic mass is 9.70. The summed E-state index contributed by atoms with van der Waals surface area (Å²) in [5.74, 6) is -3.58. The Morgan fingerprint density at radius 3 is 2.48 bits per heavy atom. The van der Waals surface area contributed by atoms with Crippen LogP contribution in [0.2, 0.25) is 0 Å². The van der Waals surface area contributed by atoms with E-state index in [4.69, 9.17) is 9.47 Å². The van der Waals surface area contributed by atoms with Crippen molar-refractivity contribution in [2.75, 3.05) is 26.2 Å². The molecule has 0 saturated carbocycles. The molecule has 0 aliphatic carbocycles. The smallest absolute Gasteiger partial charge is 0.313 e. The van der Waals surface area contributed by atoms with E-state index in [-0.39, 0.29) is 42.8 Å². The van der Waals surface area contributed by atoms with Gasteiger partial charge in [-0.15, -0.1) is 13.2 Å². The second-order valence-corrected chi connectivity index (χ2v) is 14.5. The van der Waals surface area contributed by atoms with E-state index in [1.807, 2.05) is 67.6 Å². The molecule has 2 aromatic rings. The van der Waals surface area contributed by atoms with Crippen molar-refractivity contribution in [1.29, 1.82) is 0 Å². The summed E-state index contributed by atoms with van der Waals surface area (Å²) in [5.41, 5.74) is 0.258. The number of ether oxygens (including phenoxy) is 2. The number of halogens is 1. The van der Waals surface area contributed by atoms with Gasteiger partial charge in [-0.25, -0.2) is 0 Å². The lowest BCUT2D eigenvalue weighted by molar-refractivity contribution is -0.161.